The van der Waals surface area contributed by atoms with Crippen molar-refractivity contribution in [1.82, 2.24) is 4.67 Å². The second-order valence-electron chi connectivity index (χ2n) is 7.51. The maximum absolute atomic E-state index is 10.8. The molecule has 10 heteroatoms. The average Bonchev–Trinajstić information content (AvgIpc) is 3.06. The van der Waals surface area contributed by atoms with Crippen molar-refractivity contribution in [3.05, 3.63) is 34.4 Å². The number of benzene rings is 1. The number of nitro groups is 1. The van der Waals surface area contributed by atoms with Crippen molar-refractivity contribution >= 4 is 14.2 Å². The van der Waals surface area contributed by atoms with E-state index in [0.717, 1.165) is 0 Å². The predicted octanol–water partition coefficient (Wildman–Crippen LogP) is 3.19. The van der Waals surface area contributed by atoms with Crippen molar-refractivity contribution in [1.29, 1.82) is 0 Å². The van der Waals surface area contributed by atoms with E-state index in [9.17, 15) is 10.1 Å². The van der Waals surface area contributed by atoms with E-state index in [1.54, 1.807) is 12.1 Å². The van der Waals surface area contributed by atoms with Gasteiger partial charge in [-0.2, -0.15) is 0 Å². The summed E-state index contributed by atoms with van der Waals surface area (Å²) in [6.45, 7) is 8.46. The zero-order valence-electron chi connectivity index (χ0n) is 15.6. The molecule has 148 valence electrons. The average molecular weight is 398 g/mol. The second kappa shape index (κ2) is 6.92. The van der Waals surface area contributed by atoms with Crippen molar-refractivity contribution in [2.24, 2.45) is 0 Å². The second-order valence-corrected chi connectivity index (χ2v) is 8.89. The lowest BCUT2D eigenvalue weighted by atomic mass is 10.1. The van der Waals surface area contributed by atoms with E-state index in [-0.39, 0.29) is 30.0 Å². The smallest absolute Gasteiger partial charge is 0.321 e. The van der Waals surface area contributed by atoms with Crippen LogP contribution in [0.5, 0.6) is 5.75 Å². The maximum Gasteiger partial charge on any atom is 0.321 e. The van der Waals surface area contributed by atoms with Crippen LogP contribution in [-0.2, 0) is 18.7 Å². The SMILES string of the molecule is CC(C)N1C[C@H]2O[C@@H]3OC(C)(C)O[C@@H]3[C@H]2O[P@@]1Oc1ccc([N+](=O)[O-])cc1. The number of hydrogen-bond acceptors (Lipinski definition) is 8. The molecule has 9 nitrogen and oxygen atoms in total. The van der Waals surface area contributed by atoms with Gasteiger partial charge in [0.05, 0.1) is 4.92 Å². The molecule has 3 aliphatic heterocycles. The first-order valence-electron chi connectivity index (χ1n) is 8.90. The number of nitro benzene ring substituents is 1. The standard InChI is InChI=1S/C17H23N2O7P/c1-10(2)18-9-13-14(15-16(22-13)24-17(3,4)23-15)26-27(18)25-12-7-5-11(6-8-12)19(20)21/h5-8,10,13-16H,9H2,1-4H3/t13-,14+,15-,16-,27-/m1/s1. The summed E-state index contributed by atoms with van der Waals surface area (Å²) < 4.78 is 32.2. The van der Waals surface area contributed by atoms with Gasteiger partial charge in [0.1, 0.15) is 24.1 Å². The maximum atomic E-state index is 10.8. The van der Waals surface area contributed by atoms with E-state index in [1.165, 1.54) is 12.1 Å². The van der Waals surface area contributed by atoms with Crippen molar-refractivity contribution in [2.45, 2.75) is 64.1 Å². The Kier molecular flexibility index (Phi) is 4.86. The summed E-state index contributed by atoms with van der Waals surface area (Å²) in [5, 5.41) is 10.8. The van der Waals surface area contributed by atoms with E-state index in [1.807, 2.05) is 13.8 Å². The summed E-state index contributed by atoms with van der Waals surface area (Å²) in [7, 11) is -1.41. The number of hydrogen-bond donors (Lipinski definition) is 0. The number of fused-ring (bicyclic) bond motifs is 3. The number of ether oxygens (including phenoxy) is 3. The largest absolute Gasteiger partial charge is 0.436 e. The van der Waals surface area contributed by atoms with Gasteiger partial charge in [-0.3, -0.25) is 10.1 Å². The molecule has 1 aromatic carbocycles. The molecule has 0 radical (unpaired) electrons. The lowest BCUT2D eigenvalue weighted by Crippen LogP contribution is -2.48. The zero-order valence-corrected chi connectivity index (χ0v) is 16.5. The molecule has 3 saturated heterocycles. The van der Waals surface area contributed by atoms with Gasteiger partial charge in [0.2, 0.25) is 0 Å². The highest BCUT2D eigenvalue weighted by molar-refractivity contribution is 7.45. The Hall–Kier alpha value is -1.35. The van der Waals surface area contributed by atoms with E-state index >= 15 is 0 Å². The molecular formula is C17H23N2O7P. The first-order chi connectivity index (χ1) is 12.7. The van der Waals surface area contributed by atoms with Crippen LogP contribution in [0.4, 0.5) is 5.69 Å². The van der Waals surface area contributed by atoms with Crippen LogP contribution in [0.3, 0.4) is 0 Å². The third-order valence-corrected chi connectivity index (χ3v) is 6.54. The van der Waals surface area contributed by atoms with E-state index in [0.29, 0.717) is 12.3 Å². The lowest BCUT2D eigenvalue weighted by molar-refractivity contribution is -0.384. The van der Waals surface area contributed by atoms with Crippen molar-refractivity contribution in [2.75, 3.05) is 6.54 Å². The molecule has 4 rings (SSSR count). The van der Waals surface area contributed by atoms with Gasteiger partial charge in [-0.05, 0) is 39.8 Å². The first kappa shape index (κ1) is 19.0. The number of rotatable bonds is 4. The highest BCUT2D eigenvalue weighted by Crippen LogP contribution is 2.54. The fourth-order valence-corrected chi connectivity index (χ4v) is 5.14. The molecule has 27 heavy (non-hydrogen) atoms. The van der Waals surface area contributed by atoms with Gasteiger partial charge in [-0.15, -0.1) is 0 Å². The number of non-ortho nitro benzene ring substituents is 1. The molecule has 0 bridgehead atoms. The molecule has 0 amide bonds. The molecule has 3 fully saturated rings. The minimum atomic E-state index is -1.41. The molecule has 3 heterocycles. The Morgan fingerprint density at radius 3 is 2.59 bits per heavy atom. The molecule has 0 spiro atoms. The van der Waals surface area contributed by atoms with Crippen molar-refractivity contribution in [3.8, 4) is 5.75 Å². The van der Waals surface area contributed by atoms with Crippen LogP contribution in [0.1, 0.15) is 27.7 Å². The van der Waals surface area contributed by atoms with Crippen LogP contribution < -0.4 is 4.52 Å². The molecule has 1 aromatic rings. The third-order valence-electron chi connectivity index (χ3n) is 4.70. The minimum absolute atomic E-state index is 0.0197. The summed E-state index contributed by atoms with van der Waals surface area (Å²) in [5.41, 5.74) is 0.0197. The van der Waals surface area contributed by atoms with E-state index in [2.05, 4.69) is 18.5 Å². The normalized spacial score (nSPS) is 35.1. The van der Waals surface area contributed by atoms with Crippen LogP contribution >= 0.6 is 8.53 Å². The topological polar surface area (TPSA) is 92.5 Å². The highest BCUT2D eigenvalue weighted by atomic mass is 31.2. The van der Waals surface area contributed by atoms with E-state index in [4.69, 9.17) is 23.3 Å². The Bertz CT molecular complexity index is 714. The molecule has 0 unspecified atom stereocenters. The Labute approximate surface area is 158 Å². The van der Waals surface area contributed by atoms with Crippen molar-refractivity contribution < 1.29 is 28.2 Å². The summed E-state index contributed by atoms with van der Waals surface area (Å²) >= 11 is 0. The summed E-state index contributed by atoms with van der Waals surface area (Å²) in [5.74, 6) is -0.184. The summed E-state index contributed by atoms with van der Waals surface area (Å²) in [6.07, 6.45) is -1.18. The van der Waals surface area contributed by atoms with Gasteiger partial charge in [-0.25, -0.2) is 4.67 Å². The van der Waals surface area contributed by atoms with Crippen LogP contribution in [0, 0.1) is 10.1 Å². The summed E-state index contributed by atoms with van der Waals surface area (Å²) in [6, 6.07) is 6.18. The van der Waals surface area contributed by atoms with Crippen molar-refractivity contribution in [3.63, 3.8) is 0 Å². The van der Waals surface area contributed by atoms with Gasteiger partial charge in [-0.1, -0.05) is 0 Å². The fraction of sp³-hybridized carbons (Fsp3) is 0.647. The first-order valence-corrected chi connectivity index (χ1v) is 10.0. The highest BCUT2D eigenvalue weighted by Gasteiger charge is 2.59. The van der Waals surface area contributed by atoms with Gasteiger partial charge in [0, 0.05) is 24.7 Å². The molecule has 0 N–H and O–H groups in total. The lowest BCUT2D eigenvalue weighted by Gasteiger charge is -2.41. The van der Waals surface area contributed by atoms with Gasteiger partial charge in [0.15, 0.2) is 12.1 Å². The van der Waals surface area contributed by atoms with Crippen LogP contribution in [0.15, 0.2) is 24.3 Å². The van der Waals surface area contributed by atoms with Crippen LogP contribution in [0.2, 0.25) is 0 Å². The Balaban J connectivity index is 1.51. The van der Waals surface area contributed by atoms with Crippen LogP contribution in [-0.4, -0.2) is 52.6 Å². The fourth-order valence-electron chi connectivity index (χ4n) is 3.43. The van der Waals surface area contributed by atoms with Gasteiger partial charge >= 0.3 is 8.53 Å². The van der Waals surface area contributed by atoms with Gasteiger partial charge < -0.3 is 23.3 Å². The molecule has 0 saturated carbocycles. The van der Waals surface area contributed by atoms with Crippen LogP contribution in [0.25, 0.3) is 0 Å². The number of nitrogens with zero attached hydrogens (tertiary/aromatic N) is 2. The molecule has 0 aliphatic carbocycles. The molecule has 0 aromatic heterocycles. The van der Waals surface area contributed by atoms with E-state index < -0.39 is 25.5 Å². The quantitative estimate of drug-likeness (QED) is 0.434. The predicted molar refractivity (Wildman–Crippen MR) is 96.1 cm³/mol. The third kappa shape index (κ3) is 3.68. The minimum Gasteiger partial charge on any atom is -0.436 e. The zero-order chi connectivity index (χ0) is 19.3. The van der Waals surface area contributed by atoms with Gasteiger partial charge in [0.25, 0.3) is 5.69 Å². The molecule has 3 aliphatic rings. The Morgan fingerprint density at radius 1 is 1.26 bits per heavy atom. The Morgan fingerprint density at radius 2 is 1.96 bits per heavy atom. The summed E-state index contributed by atoms with van der Waals surface area (Å²) in [4.78, 5) is 10.4. The molecule has 5 atom stereocenters. The monoisotopic (exact) mass is 398 g/mol. The molecular weight excluding hydrogens is 375 g/mol.